The van der Waals surface area contributed by atoms with Gasteiger partial charge in [0.2, 0.25) is 0 Å². The molecule has 24 heavy (non-hydrogen) atoms. The molecule has 2 amide bonds. The Kier molecular flexibility index (Phi) is 3.28. The van der Waals surface area contributed by atoms with Gasteiger partial charge in [0.1, 0.15) is 0 Å². The summed E-state index contributed by atoms with van der Waals surface area (Å²) in [4.78, 5) is 31.2. The Hall–Kier alpha value is -2.22. The number of amides is 2. The summed E-state index contributed by atoms with van der Waals surface area (Å²) in [5, 5.41) is 1.11. The Bertz CT molecular complexity index is 886. The minimum atomic E-state index is -0.329. The lowest BCUT2D eigenvalue weighted by atomic mass is 10.1. The zero-order valence-electron chi connectivity index (χ0n) is 13.4. The van der Waals surface area contributed by atoms with E-state index in [4.69, 9.17) is 5.84 Å². The molecule has 0 radical (unpaired) electrons. The van der Waals surface area contributed by atoms with Crippen LogP contribution in [0.15, 0.2) is 35.4 Å². The number of nitrogens with two attached hydrogens (primary N) is 1. The third-order valence-corrected chi connectivity index (χ3v) is 6.21. The molecule has 0 aromatic carbocycles. The van der Waals surface area contributed by atoms with Crippen LogP contribution < -0.4 is 5.84 Å². The van der Waals surface area contributed by atoms with Crippen molar-refractivity contribution in [1.29, 1.82) is 0 Å². The smallest absolute Gasteiger partial charge is 0.275 e. The SMILES string of the molecule is Cc1ccc(C2=C3C(=O)N(N)C(c4ccc(C)s4)=C3C(=O)N2C)s1. The first kappa shape index (κ1) is 15.3. The molecular weight excluding hydrogens is 342 g/mol. The van der Waals surface area contributed by atoms with Crippen LogP contribution in [0.25, 0.3) is 11.4 Å². The molecule has 0 fully saturated rings. The number of likely N-dealkylation sites (N-methyl/N-ethyl adjacent to an activating group) is 1. The molecule has 2 aromatic rings. The van der Waals surface area contributed by atoms with Crippen molar-refractivity contribution in [2.24, 2.45) is 5.84 Å². The fourth-order valence-electron chi connectivity index (χ4n) is 3.09. The Labute approximate surface area is 147 Å². The van der Waals surface area contributed by atoms with Crippen LogP contribution in [0.4, 0.5) is 0 Å². The van der Waals surface area contributed by atoms with Gasteiger partial charge in [0, 0.05) is 16.8 Å². The maximum absolute atomic E-state index is 12.9. The van der Waals surface area contributed by atoms with Crippen molar-refractivity contribution in [2.45, 2.75) is 13.8 Å². The van der Waals surface area contributed by atoms with Gasteiger partial charge in [-0.15, -0.1) is 22.7 Å². The molecule has 7 heteroatoms. The van der Waals surface area contributed by atoms with Crippen LogP contribution >= 0.6 is 22.7 Å². The summed E-state index contributed by atoms with van der Waals surface area (Å²) < 4.78 is 0. The first-order valence-corrected chi connectivity index (χ1v) is 9.03. The lowest BCUT2D eigenvalue weighted by Gasteiger charge is -2.17. The molecule has 5 nitrogen and oxygen atoms in total. The largest absolute Gasteiger partial charge is 0.309 e. The molecule has 0 saturated heterocycles. The van der Waals surface area contributed by atoms with E-state index < -0.39 is 0 Å². The number of hydrazine groups is 1. The van der Waals surface area contributed by atoms with Crippen molar-refractivity contribution in [2.75, 3.05) is 7.05 Å². The number of carbonyl (C=O) groups is 2. The fourth-order valence-corrected chi connectivity index (χ4v) is 4.96. The number of fused-ring (bicyclic) bond motifs is 1. The highest BCUT2D eigenvalue weighted by molar-refractivity contribution is 7.13. The third kappa shape index (κ3) is 1.95. The second-order valence-electron chi connectivity index (χ2n) is 5.81. The molecule has 0 bridgehead atoms. The topological polar surface area (TPSA) is 66.6 Å². The summed E-state index contributed by atoms with van der Waals surface area (Å²) in [5.74, 6) is 5.52. The molecule has 2 N–H and O–H groups in total. The predicted molar refractivity (Wildman–Crippen MR) is 95.8 cm³/mol. The summed E-state index contributed by atoms with van der Waals surface area (Å²) in [7, 11) is 1.70. The summed E-state index contributed by atoms with van der Waals surface area (Å²) in [6, 6.07) is 7.78. The summed E-state index contributed by atoms with van der Waals surface area (Å²) >= 11 is 3.08. The predicted octanol–water partition coefficient (Wildman–Crippen LogP) is 2.74. The van der Waals surface area contributed by atoms with E-state index in [2.05, 4.69) is 0 Å². The van der Waals surface area contributed by atoms with E-state index >= 15 is 0 Å². The van der Waals surface area contributed by atoms with E-state index in [1.165, 1.54) is 11.3 Å². The van der Waals surface area contributed by atoms with Crippen LogP contribution in [-0.2, 0) is 9.59 Å². The van der Waals surface area contributed by atoms with E-state index in [-0.39, 0.29) is 11.8 Å². The van der Waals surface area contributed by atoms with Gasteiger partial charge in [0.05, 0.1) is 32.3 Å². The van der Waals surface area contributed by atoms with Crippen LogP contribution in [0.5, 0.6) is 0 Å². The average Bonchev–Trinajstić information content (AvgIpc) is 3.25. The highest BCUT2D eigenvalue weighted by Crippen LogP contribution is 2.46. The fraction of sp³-hybridized carbons (Fsp3) is 0.176. The molecular formula is C17H15N3O2S2. The van der Waals surface area contributed by atoms with E-state index in [9.17, 15) is 9.59 Å². The van der Waals surface area contributed by atoms with Crippen LogP contribution in [0.2, 0.25) is 0 Å². The maximum Gasteiger partial charge on any atom is 0.275 e. The lowest BCUT2D eigenvalue weighted by molar-refractivity contribution is -0.123. The van der Waals surface area contributed by atoms with E-state index in [1.54, 1.807) is 23.3 Å². The average molecular weight is 357 g/mol. The van der Waals surface area contributed by atoms with Crippen LogP contribution in [0.3, 0.4) is 0 Å². The normalized spacial score (nSPS) is 17.7. The molecule has 2 aliphatic rings. The highest BCUT2D eigenvalue weighted by atomic mass is 32.1. The first-order chi connectivity index (χ1) is 11.4. The molecule has 0 aliphatic carbocycles. The Balaban J connectivity index is 2.00. The standard InChI is InChI=1S/C17H15N3O2S2/c1-8-4-6-10(23-8)14-12-13(16(21)19(14)3)15(20(18)17(12)22)11-7-5-9(2)24-11/h4-7H,18H2,1-3H3. The summed E-state index contributed by atoms with van der Waals surface area (Å²) in [6.07, 6.45) is 0. The summed E-state index contributed by atoms with van der Waals surface area (Å²) in [5.41, 5.74) is 1.98. The van der Waals surface area contributed by atoms with Crippen LogP contribution in [0.1, 0.15) is 19.5 Å². The van der Waals surface area contributed by atoms with Gasteiger partial charge in [-0.3, -0.25) is 9.59 Å². The van der Waals surface area contributed by atoms with Crippen molar-refractivity contribution < 1.29 is 9.59 Å². The monoisotopic (exact) mass is 357 g/mol. The van der Waals surface area contributed by atoms with Crippen molar-refractivity contribution in [3.05, 3.63) is 54.9 Å². The molecule has 0 saturated carbocycles. The maximum atomic E-state index is 12.9. The second kappa shape index (κ2) is 5.14. The highest BCUT2D eigenvalue weighted by Gasteiger charge is 2.47. The van der Waals surface area contributed by atoms with Gasteiger partial charge in [-0.05, 0) is 38.1 Å². The van der Waals surface area contributed by atoms with Gasteiger partial charge in [-0.25, -0.2) is 10.9 Å². The number of aryl methyl sites for hydroxylation is 2. The quantitative estimate of drug-likeness (QED) is 0.664. The number of hydrogen-bond donors (Lipinski definition) is 1. The molecule has 122 valence electrons. The van der Waals surface area contributed by atoms with Gasteiger partial charge in [0.15, 0.2) is 0 Å². The van der Waals surface area contributed by atoms with Crippen LogP contribution in [0, 0.1) is 13.8 Å². The van der Waals surface area contributed by atoms with Crippen molar-refractivity contribution >= 4 is 45.9 Å². The molecule has 2 aromatic heterocycles. The number of rotatable bonds is 2. The molecule has 2 aliphatic heterocycles. The number of carbonyl (C=O) groups excluding carboxylic acids is 2. The number of hydrogen-bond acceptors (Lipinski definition) is 5. The van der Waals surface area contributed by atoms with Gasteiger partial charge in [-0.1, -0.05) is 0 Å². The van der Waals surface area contributed by atoms with Gasteiger partial charge in [0.25, 0.3) is 11.8 Å². The molecule has 0 unspecified atom stereocenters. The summed E-state index contributed by atoms with van der Waals surface area (Å²) in [6.45, 7) is 3.98. The van der Waals surface area contributed by atoms with Crippen LogP contribution in [-0.4, -0.2) is 28.8 Å². The van der Waals surface area contributed by atoms with Gasteiger partial charge >= 0.3 is 0 Å². The number of nitrogens with zero attached hydrogens (tertiary/aromatic N) is 2. The molecule has 4 rings (SSSR count). The van der Waals surface area contributed by atoms with Gasteiger partial charge in [-0.2, -0.15) is 0 Å². The van der Waals surface area contributed by atoms with Crippen molar-refractivity contribution in [1.82, 2.24) is 9.91 Å². The zero-order chi connectivity index (χ0) is 17.2. The Morgan fingerprint density at radius 1 is 0.833 bits per heavy atom. The molecule has 4 heterocycles. The third-order valence-electron chi connectivity index (χ3n) is 4.20. The van der Waals surface area contributed by atoms with Gasteiger partial charge < -0.3 is 4.90 Å². The lowest BCUT2D eigenvalue weighted by Crippen LogP contribution is -2.33. The molecule has 0 atom stereocenters. The van der Waals surface area contributed by atoms with E-state index in [0.29, 0.717) is 22.5 Å². The minimum absolute atomic E-state index is 0.187. The van der Waals surface area contributed by atoms with Crippen molar-refractivity contribution in [3.63, 3.8) is 0 Å². The van der Waals surface area contributed by atoms with E-state index in [0.717, 1.165) is 24.5 Å². The minimum Gasteiger partial charge on any atom is -0.309 e. The zero-order valence-corrected chi connectivity index (χ0v) is 15.0. The molecule has 0 spiro atoms. The Morgan fingerprint density at radius 2 is 1.33 bits per heavy atom. The Morgan fingerprint density at radius 3 is 1.83 bits per heavy atom. The second-order valence-corrected chi connectivity index (χ2v) is 8.38. The first-order valence-electron chi connectivity index (χ1n) is 7.40. The van der Waals surface area contributed by atoms with Crippen molar-refractivity contribution in [3.8, 4) is 0 Å². The van der Waals surface area contributed by atoms with E-state index in [1.807, 2.05) is 38.1 Å². The number of thiophene rings is 2.